The van der Waals surface area contributed by atoms with Crippen molar-refractivity contribution in [2.75, 3.05) is 0 Å². The van der Waals surface area contributed by atoms with E-state index < -0.39 is 0 Å². The minimum Gasteiger partial charge on any atom is -0.0654 e. The maximum atomic E-state index is 2.40. The van der Waals surface area contributed by atoms with Crippen molar-refractivity contribution in [3.63, 3.8) is 0 Å². The predicted molar refractivity (Wildman–Crippen MR) is 80.4 cm³/mol. The molecule has 1 aromatic rings. The predicted octanol–water partition coefficient (Wildman–Crippen LogP) is 5.56. The SMILES string of the molecule is CCCCCCCc1ccc2c(c1C)CCC2C. The Morgan fingerprint density at radius 2 is 1.89 bits per heavy atom. The summed E-state index contributed by atoms with van der Waals surface area (Å²) in [6, 6.07) is 4.80. The molecule has 1 unspecified atom stereocenters. The molecule has 18 heavy (non-hydrogen) atoms. The highest BCUT2D eigenvalue weighted by atomic mass is 14.3. The molecule has 0 fully saturated rings. The zero-order chi connectivity index (χ0) is 13.0. The maximum Gasteiger partial charge on any atom is -0.0184 e. The Hall–Kier alpha value is -0.780. The van der Waals surface area contributed by atoms with Gasteiger partial charge in [0, 0.05) is 0 Å². The van der Waals surface area contributed by atoms with Crippen LogP contribution < -0.4 is 0 Å². The molecular weight excluding hydrogens is 216 g/mol. The van der Waals surface area contributed by atoms with Crippen LogP contribution in [0.5, 0.6) is 0 Å². The summed E-state index contributed by atoms with van der Waals surface area (Å²) in [5.74, 6) is 0.789. The van der Waals surface area contributed by atoms with E-state index >= 15 is 0 Å². The number of hydrogen-bond acceptors (Lipinski definition) is 0. The summed E-state index contributed by atoms with van der Waals surface area (Å²) in [5, 5.41) is 0. The van der Waals surface area contributed by atoms with Crippen molar-refractivity contribution < 1.29 is 0 Å². The lowest BCUT2D eigenvalue weighted by molar-refractivity contribution is 0.631. The fourth-order valence-electron chi connectivity index (χ4n) is 3.33. The van der Waals surface area contributed by atoms with Crippen LogP contribution in [-0.4, -0.2) is 0 Å². The van der Waals surface area contributed by atoms with Crippen molar-refractivity contribution in [1.82, 2.24) is 0 Å². The van der Waals surface area contributed by atoms with E-state index in [9.17, 15) is 0 Å². The van der Waals surface area contributed by atoms with Gasteiger partial charge in [-0.3, -0.25) is 0 Å². The van der Waals surface area contributed by atoms with Crippen molar-refractivity contribution in [1.29, 1.82) is 0 Å². The Morgan fingerprint density at radius 3 is 2.67 bits per heavy atom. The van der Waals surface area contributed by atoms with Crippen LogP contribution in [0.4, 0.5) is 0 Å². The van der Waals surface area contributed by atoms with Gasteiger partial charge >= 0.3 is 0 Å². The van der Waals surface area contributed by atoms with E-state index in [1.807, 2.05) is 0 Å². The summed E-state index contributed by atoms with van der Waals surface area (Å²) in [4.78, 5) is 0. The number of fused-ring (bicyclic) bond motifs is 1. The molecule has 0 aliphatic heterocycles. The van der Waals surface area contributed by atoms with E-state index in [1.165, 1.54) is 51.4 Å². The van der Waals surface area contributed by atoms with E-state index in [0.29, 0.717) is 0 Å². The van der Waals surface area contributed by atoms with Gasteiger partial charge in [0.15, 0.2) is 0 Å². The van der Waals surface area contributed by atoms with E-state index in [1.54, 1.807) is 22.3 Å². The van der Waals surface area contributed by atoms with Crippen LogP contribution in [-0.2, 0) is 12.8 Å². The van der Waals surface area contributed by atoms with Crippen molar-refractivity contribution in [2.45, 2.75) is 78.1 Å². The summed E-state index contributed by atoms with van der Waals surface area (Å²) in [6.45, 7) is 7.00. The molecule has 0 radical (unpaired) electrons. The van der Waals surface area contributed by atoms with Crippen molar-refractivity contribution in [3.05, 3.63) is 34.4 Å². The number of rotatable bonds is 6. The second-order valence-corrected chi connectivity index (χ2v) is 6.02. The number of aryl methyl sites for hydroxylation is 1. The standard InChI is InChI=1S/C18H28/c1-4-5-6-7-8-9-16-11-13-17-14(2)10-12-18(17)15(16)3/h11,13-14H,4-10,12H2,1-3H3. The van der Waals surface area contributed by atoms with Crippen LogP contribution in [0.3, 0.4) is 0 Å². The van der Waals surface area contributed by atoms with Crippen LogP contribution in [0.15, 0.2) is 12.1 Å². The summed E-state index contributed by atoms with van der Waals surface area (Å²) in [7, 11) is 0. The Kier molecular flexibility index (Phi) is 4.86. The molecular formula is C18H28. The van der Waals surface area contributed by atoms with E-state index in [0.717, 1.165) is 5.92 Å². The summed E-state index contributed by atoms with van der Waals surface area (Å²) < 4.78 is 0. The highest BCUT2D eigenvalue weighted by molar-refractivity contribution is 5.44. The van der Waals surface area contributed by atoms with Gasteiger partial charge in [-0.2, -0.15) is 0 Å². The van der Waals surface area contributed by atoms with Gasteiger partial charge < -0.3 is 0 Å². The van der Waals surface area contributed by atoms with Crippen LogP contribution in [0, 0.1) is 6.92 Å². The monoisotopic (exact) mass is 244 g/mol. The highest BCUT2D eigenvalue weighted by Gasteiger charge is 2.20. The molecule has 1 aromatic carbocycles. The maximum absolute atomic E-state index is 2.40. The van der Waals surface area contributed by atoms with Crippen LogP contribution >= 0.6 is 0 Å². The molecule has 0 heteroatoms. The third-order valence-electron chi connectivity index (χ3n) is 4.65. The van der Waals surface area contributed by atoms with Gasteiger partial charge in [0.2, 0.25) is 0 Å². The summed E-state index contributed by atoms with van der Waals surface area (Å²) >= 11 is 0. The molecule has 0 bridgehead atoms. The van der Waals surface area contributed by atoms with Crippen molar-refractivity contribution in [2.24, 2.45) is 0 Å². The third kappa shape index (κ3) is 2.96. The average molecular weight is 244 g/mol. The Bertz CT molecular complexity index is 389. The lowest BCUT2D eigenvalue weighted by atomic mass is 9.93. The van der Waals surface area contributed by atoms with Gasteiger partial charge in [-0.05, 0) is 60.8 Å². The Morgan fingerprint density at radius 1 is 1.11 bits per heavy atom. The minimum absolute atomic E-state index is 0.789. The molecule has 1 aliphatic carbocycles. The number of hydrogen-bond donors (Lipinski definition) is 0. The first-order valence-corrected chi connectivity index (χ1v) is 7.85. The van der Waals surface area contributed by atoms with Gasteiger partial charge in [-0.25, -0.2) is 0 Å². The molecule has 0 saturated heterocycles. The second-order valence-electron chi connectivity index (χ2n) is 6.02. The smallest absolute Gasteiger partial charge is 0.0184 e. The van der Waals surface area contributed by atoms with Crippen LogP contribution in [0.1, 0.15) is 80.5 Å². The number of benzene rings is 1. The van der Waals surface area contributed by atoms with E-state index in [-0.39, 0.29) is 0 Å². The average Bonchev–Trinajstić information content (AvgIpc) is 2.74. The lowest BCUT2D eigenvalue weighted by Gasteiger charge is -2.12. The third-order valence-corrected chi connectivity index (χ3v) is 4.65. The first kappa shape index (κ1) is 13.6. The molecule has 0 nitrogen and oxygen atoms in total. The van der Waals surface area contributed by atoms with Gasteiger partial charge in [-0.1, -0.05) is 51.7 Å². The molecule has 0 N–H and O–H groups in total. The molecule has 0 heterocycles. The first-order valence-electron chi connectivity index (χ1n) is 7.85. The molecule has 100 valence electrons. The van der Waals surface area contributed by atoms with Crippen molar-refractivity contribution in [3.8, 4) is 0 Å². The molecule has 0 aromatic heterocycles. The lowest BCUT2D eigenvalue weighted by Crippen LogP contribution is -1.96. The topological polar surface area (TPSA) is 0 Å². The first-order chi connectivity index (χ1) is 8.74. The summed E-state index contributed by atoms with van der Waals surface area (Å²) in [6.07, 6.45) is 10.9. The molecule has 1 atom stereocenters. The highest BCUT2D eigenvalue weighted by Crippen LogP contribution is 2.35. The zero-order valence-electron chi connectivity index (χ0n) is 12.4. The normalized spacial score (nSPS) is 18.1. The summed E-state index contributed by atoms with van der Waals surface area (Å²) in [5.41, 5.74) is 6.52. The van der Waals surface area contributed by atoms with Crippen LogP contribution in [0.25, 0.3) is 0 Å². The molecule has 0 spiro atoms. The number of unbranched alkanes of at least 4 members (excludes halogenated alkanes) is 4. The fourth-order valence-corrected chi connectivity index (χ4v) is 3.33. The van der Waals surface area contributed by atoms with Crippen molar-refractivity contribution >= 4 is 0 Å². The van der Waals surface area contributed by atoms with Gasteiger partial charge in [0.25, 0.3) is 0 Å². The Balaban J connectivity index is 1.94. The van der Waals surface area contributed by atoms with Crippen LogP contribution in [0.2, 0.25) is 0 Å². The van der Waals surface area contributed by atoms with Gasteiger partial charge in [0.1, 0.15) is 0 Å². The van der Waals surface area contributed by atoms with E-state index in [4.69, 9.17) is 0 Å². The minimum atomic E-state index is 0.789. The molecule has 1 aliphatic rings. The largest absolute Gasteiger partial charge is 0.0654 e. The molecule has 0 amide bonds. The van der Waals surface area contributed by atoms with Gasteiger partial charge in [0.05, 0.1) is 0 Å². The second kappa shape index (κ2) is 6.41. The molecule has 2 rings (SSSR count). The zero-order valence-corrected chi connectivity index (χ0v) is 12.4. The van der Waals surface area contributed by atoms with E-state index in [2.05, 4.69) is 32.9 Å². The Labute approximate surface area is 113 Å². The fraction of sp³-hybridized carbons (Fsp3) is 0.667. The molecule has 0 saturated carbocycles. The quantitative estimate of drug-likeness (QED) is 0.575. The van der Waals surface area contributed by atoms with Gasteiger partial charge in [-0.15, -0.1) is 0 Å².